The lowest BCUT2D eigenvalue weighted by Gasteiger charge is -2.27. The van der Waals surface area contributed by atoms with Gasteiger partial charge in [0.1, 0.15) is 12.4 Å². The van der Waals surface area contributed by atoms with E-state index in [0.29, 0.717) is 37.3 Å². The van der Waals surface area contributed by atoms with Gasteiger partial charge in [-0.05, 0) is 35.4 Å². The van der Waals surface area contributed by atoms with Crippen LogP contribution in [0.5, 0.6) is 5.75 Å². The molecule has 33 heavy (non-hydrogen) atoms. The van der Waals surface area contributed by atoms with Crippen molar-refractivity contribution < 1.29 is 27.8 Å². The van der Waals surface area contributed by atoms with E-state index >= 15 is 0 Å². The topological polar surface area (TPSA) is 62.7 Å². The molecule has 1 aliphatic rings. The van der Waals surface area contributed by atoms with Crippen LogP contribution in [-0.2, 0) is 30.5 Å². The third kappa shape index (κ3) is 5.70. The third-order valence-electron chi connectivity index (χ3n) is 5.59. The predicted molar refractivity (Wildman–Crippen MR) is 117 cm³/mol. The molecule has 0 radical (unpaired) electrons. The zero-order chi connectivity index (χ0) is 23.4. The quantitative estimate of drug-likeness (QED) is 0.531. The van der Waals surface area contributed by atoms with Gasteiger partial charge in [-0.3, -0.25) is 14.7 Å². The lowest BCUT2D eigenvalue weighted by molar-refractivity contribution is -0.139. The van der Waals surface area contributed by atoms with Crippen LogP contribution >= 0.6 is 0 Å². The Hall–Kier alpha value is -3.39. The highest BCUT2D eigenvalue weighted by atomic mass is 19.4. The third-order valence-corrected chi connectivity index (χ3v) is 5.59. The number of benzene rings is 2. The fourth-order valence-electron chi connectivity index (χ4n) is 3.85. The van der Waals surface area contributed by atoms with E-state index in [4.69, 9.17) is 9.84 Å². The Kier molecular flexibility index (Phi) is 6.65. The minimum Gasteiger partial charge on any atom is -0.488 e. The maximum atomic E-state index is 13.8. The van der Waals surface area contributed by atoms with Gasteiger partial charge in [0.05, 0.1) is 17.7 Å². The number of halogens is 3. The van der Waals surface area contributed by atoms with Crippen molar-refractivity contribution in [2.75, 3.05) is 13.1 Å². The molecule has 4 rings (SSSR count). The van der Waals surface area contributed by atoms with E-state index in [9.17, 15) is 18.0 Å². The van der Waals surface area contributed by atoms with E-state index in [1.165, 1.54) is 6.07 Å². The van der Waals surface area contributed by atoms with E-state index in [1.807, 2.05) is 17.0 Å². The van der Waals surface area contributed by atoms with Crippen molar-refractivity contribution in [1.82, 2.24) is 9.88 Å². The minimum absolute atomic E-state index is 0.0404. The second-order valence-corrected chi connectivity index (χ2v) is 7.96. The Bertz CT molecular complexity index is 1130. The van der Waals surface area contributed by atoms with E-state index in [0.717, 1.165) is 22.9 Å². The van der Waals surface area contributed by atoms with Crippen molar-refractivity contribution in [3.05, 3.63) is 83.0 Å². The first-order valence-corrected chi connectivity index (χ1v) is 10.6. The van der Waals surface area contributed by atoms with Gasteiger partial charge in [-0.2, -0.15) is 13.2 Å². The second kappa shape index (κ2) is 9.62. The zero-order valence-electron chi connectivity index (χ0n) is 17.8. The highest BCUT2D eigenvalue weighted by Crippen LogP contribution is 2.39. The largest absolute Gasteiger partial charge is 0.488 e. The summed E-state index contributed by atoms with van der Waals surface area (Å²) in [6.07, 6.45) is -3.88. The number of pyridine rings is 1. The lowest BCUT2D eigenvalue weighted by Crippen LogP contribution is -2.32. The Morgan fingerprint density at radius 1 is 1.09 bits per heavy atom. The van der Waals surface area contributed by atoms with Crippen molar-refractivity contribution in [1.29, 1.82) is 0 Å². The van der Waals surface area contributed by atoms with E-state index in [-0.39, 0.29) is 18.8 Å². The normalized spacial score (nSPS) is 14.0. The molecule has 8 heteroatoms. The number of nitrogens with zero attached hydrogens (tertiary/aromatic N) is 2. The smallest absolute Gasteiger partial charge is 0.419 e. The van der Waals surface area contributed by atoms with Crippen molar-refractivity contribution in [3.63, 3.8) is 0 Å². The fraction of sp³-hybridized carbons (Fsp3) is 0.280. The Morgan fingerprint density at radius 2 is 1.88 bits per heavy atom. The molecular weight excluding hydrogens is 433 g/mol. The van der Waals surface area contributed by atoms with E-state index < -0.39 is 17.7 Å². The van der Waals surface area contributed by atoms with Crippen LogP contribution in [0, 0.1) is 0 Å². The standard InChI is InChI=1S/C25H23F3N2O3/c26-25(27,28)20-14-18(7-9-23(20)33-16-17-4-2-1-3-5-17)21-8-6-19-15-30(13-11-24(31)32)12-10-22(19)29-21/h1-9,14H,10-13,15-16H2,(H,31,32). The number of aromatic nitrogens is 1. The Morgan fingerprint density at radius 3 is 2.61 bits per heavy atom. The summed E-state index contributed by atoms with van der Waals surface area (Å²) in [5, 5.41) is 8.86. The Labute approximate surface area is 189 Å². The molecule has 0 fully saturated rings. The number of aliphatic carboxylic acids is 1. The van der Waals surface area contributed by atoms with Crippen LogP contribution in [0.25, 0.3) is 11.3 Å². The molecule has 1 aromatic heterocycles. The van der Waals surface area contributed by atoms with Crippen LogP contribution in [0.15, 0.2) is 60.7 Å². The van der Waals surface area contributed by atoms with Crippen molar-refractivity contribution in [2.24, 2.45) is 0 Å². The van der Waals surface area contributed by atoms with Crippen LogP contribution in [0.2, 0.25) is 0 Å². The first kappa shape index (κ1) is 22.8. The average molecular weight is 456 g/mol. The van der Waals surface area contributed by atoms with Crippen LogP contribution in [0.3, 0.4) is 0 Å². The van der Waals surface area contributed by atoms with Crippen LogP contribution < -0.4 is 4.74 Å². The molecule has 0 saturated carbocycles. The number of carboxylic acids is 1. The molecule has 0 aliphatic carbocycles. The van der Waals surface area contributed by atoms with Gasteiger partial charge >= 0.3 is 12.1 Å². The molecule has 2 aromatic carbocycles. The summed E-state index contributed by atoms with van der Waals surface area (Å²) in [6.45, 7) is 1.74. The first-order chi connectivity index (χ1) is 15.8. The molecule has 5 nitrogen and oxygen atoms in total. The zero-order valence-corrected chi connectivity index (χ0v) is 17.8. The number of carbonyl (C=O) groups is 1. The minimum atomic E-state index is -4.57. The molecule has 0 saturated heterocycles. The molecule has 2 heterocycles. The van der Waals surface area contributed by atoms with Gasteiger partial charge in [0, 0.05) is 37.3 Å². The van der Waals surface area contributed by atoms with E-state index in [2.05, 4.69) is 4.98 Å². The van der Waals surface area contributed by atoms with E-state index in [1.54, 1.807) is 36.4 Å². The molecule has 0 atom stereocenters. The average Bonchev–Trinajstić information content (AvgIpc) is 2.81. The number of fused-ring (bicyclic) bond motifs is 1. The SMILES string of the molecule is O=C(O)CCN1CCc2nc(-c3ccc(OCc4ccccc4)c(C(F)(F)F)c3)ccc2C1. The van der Waals surface area contributed by atoms with Gasteiger partial charge in [-0.25, -0.2) is 0 Å². The molecule has 0 spiro atoms. The molecule has 0 unspecified atom stereocenters. The predicted octanol–water partition coefficient (Wildman–Crippen LogP) is 5.18. The molecule has 3 aromatic rings. The first-order valence-electron chi connectivity index (χ1n) is 10.6. The summed E-state index contributed by atoms with van der Waals surface area (Å²) in [4.78, 5) is 17.4. The molecule has 1 aliphatic heterocycles. The lowest BCUT2D eigenvalue weighted by atomic mass is 10.0. The summed E-state index contributed by atoms with van der Waals surface area (Å²) in [6, 6.07) is 16.6. The highest BCUT2D eigenvalue weighted by Gasteiger charge is 2.35. The number of ether oxygens (including phenoxy) is 1. The second-order valence-electron chi connectivity index (χ2n) is 7.96. The molecule has 172 valence electrons. The maximum absolute atomic E-state index is 13.8. The van der Waals surface area contributed by atoms with Crippen LogP contribution in [-0.4, -0.2) is 34.0 Å². The Balaban J connectivity index is 1.55. The molecule has 1 N–H and O–H groups in total. The van der Waals surface area contributed by atoms with Crippen molar-refractivity contribution in [3.8, 4) is 17.0 Å². The van der Waals surface area contributed by atoms with Gasteiger partial charge in [-0.1, -0.05) is 36.4 Å². The number of hydrogen-bond acceptors (Lipinski definition) is 4. The highest BCUT2D eigenvalue weighted by molar-refractivity contribution is 5.67. The van der Waals surface area contributed by atoms with Gasteiger partial charge in [0.25, 0.3) is 0 Å². The summed E-state index contributed by atoms with van der Waals surface area (Å²) in [7, 11) is 0. The molecule has 0 bridgehead atoms. The van der Waals surface area contributed by atoms with Gasteiger partial charge in [0.2, 0.25) is 0 Å². The fourth-order valence-corrected chi connectivity index (χ4v) is 3.85. The monoisotopic (exact) mass is 456 g/mol. The number of rotatable bonds is 7. The number of hydrogen-bond donors (Lipinski definition) is 1. The number of carboxylic acid groups (broad SMARTS) is 1. The molecule has 0 amide bonds. The molecular formula is C25H23F3N2O3. The summed E-state index contributed by atoms with van der Waals surface area (Å²) in [5.74, 6) is -1.06. The summed E-state index contributed by atoms with van der Waals surface area (Å²) < 4.78 is 46.8. The summed E-state index contributed by atoms with van der Waals surface area (Å²) >= 11 is 0. The number of alkyl halides is 3. The maximum Gasteiger partial charge on any atom is 0.419 e. The van der Waals surface area contributed by atoms with Crippen LogP contribution in [0.4, 0.5) is 13.2 Å². The van der Waals surface area contributed by atoms with Crippen LogP contribution in [0.1, 0.15) is 28.8 Å². The van der Waals surface area contributed by atoms with Crippen molar-refractivity contribution in [2.45, 2.75) is 32.2 Å². The van der Waals surface area contributed by atoms with Gasteiger partial charge in [0.15, 0.2) is 0 Å². The summed E-state index contributed by atoms with van der Waals surface area (Å²) in [5.41, 5.74) is 2.57. The van der Waals surface area contributed by atoms with Gasteiger partial charge in [-0.15, -0.1) is 0 Å². The van der Waals surface area contributed by atoms with Crippen molar-refractivity contribution >= 4 is 5.97 Å². The van der Waals surface area contributed by atoms with Gasteiger partial charge < -0.3 is 9.84 Å².